The molecular formula is C23H28N2O2. The number of carbonyl (C=O) groups is 1. The van der Waals surface area contributed by atoms with Crippen molar-refractivity contribution in [3.8, 4) is 11.1 Å². The number of aromatic nitrogens is 1. The van der Waals surface area contributed by atoms with E-state index in [0.717, 1.165) is 41.1 Å². The monoisotopic (exact) mass is 364 g/mol. The molecule has 1 aromatic carbocycles. The van der Waals surface area contributed by atoms with Crippen molar-refractivity contribution in [1.29, 1.82) is 0 Å². The van der Waals surface area contributed by atoms with Gasteiger partial charge in [0, 0.05) is 44.0 Å². The van der Waals surface area contributed by atoms with Crippen LogP contribution in [0.4, 0.5) is 0 Å². The lowest BCUT2D eigenvalue weighted by atomic mass is 9.98. The van der Waals surface area contributed by atoms with Crippen LogP contribution in [0.15, 0.2) is 46.9 Å². The molecule has 1 aromatic heterocycles. The van der Waals surface area contributed by atoms with Gasteiger partial charge in [-0.05, 0) is 49.4 Å². The van der Waals surface area contributed by atoms with Gasteiger partial charge >= 0.3 is 0 Å². The van der Waals surface area contributed by atoms with Crippen molar-refractivity contribution < 1.29 is 4.79 Å². The fourth-order valence-electron chi connectivity index (χ4n) is 3.24. The predicted molar refractivity (Wildman–Crippen MR) is 111 cm³/mol. The summed E-state index contributed by atoms with van der Waals surface area (Å²) in [5.74, 6) is 0.751. The molecule has 1 amide bonds. The van der Waals surface area contributed by atoms with Crippen LogP contribution in [0.5, 0.6) is 0 Å². The summed E-state index contributed by atoms with van der Waals surface area (Å²) in [4.78, 5) is 26.5. The van der Waals surface area contributed by atoms with E-state index in [1.807, 2.05) is 55.0 Å². The van der Waals surface area contributed by atoms with E-state index in [2.05, 4.69) is 0 Å². The average molecular weight is 364 g/mol. The number of benzene rings is 1. The van der Waals surface area contributed by atoms with E-state index >= 15 is 0 Å². The maximum absolute atomic E-state index is 12.6. The van der Waals surface area contributed by atoms with Gasteiger partial charge in [0.05, 0.1) is 0 Å². The average Bonchev–Trinajstić information content (AvgIpc) is 3.44. The minimum Gasteiger partial charge on any atom is -0.345 e. The van der Waals surface area contributed by atoms with Gasteiger partial charge in [-0.1, -0.05) is 36.6 Å². The van der Waals surface area contributed by atoms with E-state index in [9.17, 15) is 9.59 Å². The van der Waals surface area contributed by atoms with Crippen LogP contribution in [0.2, 0.25) is 0 Å². The highest BCUT2D eigenvalue weighted by molar-refractivity contribution is 5.95. The summed E-state index contributed by atoms with van der Waals surface area (Å²) in [5, 5.41) is 0. The molecule has 0 radical (unpaired) electrons. The van der Waals surface area contributed by atoms with Crippen LogP contribution in [-0.2, 0) is 6.54 Å². The lowest BCUT2D eigenvalue weighted by Crippen LogP contribution is -2.22. The van der Waals surface area contributed by atoms with E-state index in [4.69, 9.17) is 0 Å². The maximum atomic E-state index is 12.6. The van der Waals surface area contributed by atoms with Crippen molar-refractivity contribution in [2.45, 2.75) is 39.7 Å². The van der Waals surface area contributed by atoms with E-state index in [1.165, 1.54) is 12.8 Å². The lowest BCUT2D eigenvalue weighted by molar-refractivity contribution is 0.0827. The van der Waals surface area contributed by atoms with E-state index < -0.39 is 0 Å². The fraction of sp³-hybridized carbons (Fsp3) is 0.391. The van der Waals surface area contributed by atoms with Crippen LogP contribution in [0.1, 0.15) is 49.0 Å². The third kappa shape index (κ3) is 4.76. The SMILES string of the molecule is CC(C)=Cc1cc(=O)n(CCC2CC2)cc1-c1cccc(C(=O)N(C)C)c1. The smallest absolute Gasteiger partial charge is 0.253 e. The van der Waals surface area contributed by atoms with Gasteiger partial charge in [-0.25, -0.2) is 0 Å². The summed E-state index contributed by atoms with van der Waals surface area (Å²) in [5.41, 5.74) is 4.66. The molecule has 0 unspecified atom stereocenters. The highest BCUT2D eigenvalue weighted by atomic mass is 16.2. The van der Waals surface area contributed by atoms with Gasteiger partial charge in [-0.15, -0.1) is 0 Å². The van der Waals surface area contributed by atoms with Gasteiger partial charge in [-0.3, -0.25) is 9.59 Å². The van der Waals surface area contributed by atoms with Crippen LogP contribution in [-0.4, -0.2) is 29.5 Å². The standard InChI is InChI=1S/C23H28N2O2/c1-16(2)12-20-14-22(26)25(11-10-17-8-9-17)15-21(20)18-6-5-7-19(13-18)23(27)24(3)4/h5-7,12-15,17H,8-11H2,1-4H3. The van der Waals surface area contributed by atoms with Gasteiger partial charge in [0.2, 0.25) is 0 Å². The Morgan fingerprint density at radius 3 is 2.59 bits per heavy atom. The zero-order valence-corrected chi connectivity index (χ0v) is 16.7. The Labute approximate surface area is 161 Å². The topological polar surface area (TPSA) is 42.3 Å². The number of hydrogen-bond acceptors (Lipinski definition) is 2. The largest absolute Gasteiger partial charge is 0.345 e. The zero-order valence-electron chi connectivity index (χ0n) is 16.7. The van der Waals surface area contributed by atoms with Crippen molar-refractivity contribution in [3.63, 3.8) is 0 Å². The van der Waals surface area contributed by atoms with Crippen molar-refractivity contribution in [3.05, 3.63) is 63.6 Å². The second-order valence-electron chi connectivity index (χ2n) is 7.91. The molecule has 0 bridgehead atoms. The molecule has 0 N–H and O–H groups in total. The van der Waals surface area contributed by atoms with Crippen LogP contribution < -0.4 is 5.56 Å². The number of pyridine rings is 1. The molecule has 27 heavy (non-hydrogen) atoms. The number of amides is 1. The van der Waals surface area contributed by atoms with Crippen LogP contribution >= 0.6 is 0 Å². The Bertz CT molecular complexity index is 930. The van der Waals surface area contributed by atoms with Crippen molar-refractivity contribution >= 4 is 12.0 Å². The second-order valence-corrected chi connectivity index (χ2v) is 7.91. The fourth-order valence-corrected chi connectivity index (χ4v) is 3.24. The molecule has 1 heterocycles. The first-order chi connectivity index (χ1) is 12.8. The van der Waals surface area contributed by atoms with E-state index in [-0.39, 0.29) is 11.5 Å². The third-order valence-electron chi connectivity index (χ3n) is 4.90. The number of rotatable bonds is 6. The first-order valence-corrected chi connectivity index (χ1v) is 9.56. The lowest BCUT2D eigenvalue weighted by Gasteiger charge is -2.14. The Balaban J connectivity index is 2.07. The zero-order chi connectivity index (χ0) is 19.6. The van der Waals surface area contributed by atoms with Gasteiger partial charge in [0.15, 0.2) is 0 Å². The predicted octanol–water partition coefficient (Wildman–Crippen LogP) is 4.44. The molecule has 4 nitrogen and oxygen atoms in total. The molecule has 0 saturated heterocycles. The highest BCUT2D eigenvalue weighted by Gasteiger charge is 2.21. The summed E-state index contributed by atoms with van der Waals surface area (Å²) < 4.78 is 1.82. The summed E-state index contributed by atoms with van der Waals surface area (Å²) in [7, 11) is 3.50. The van der Waals surface area contributed by atoms with Gasteiger partial charge in [-0.2, -0.15) is 0 Å². The third-order valence-corrected chi connectivity index (χ3v) is 4.90. The van der Waals surface area contributed by atoms with Crippen LogP contribution in [0, 0.1) is 5.92 Å². The maximum Gasteiger partial charge on any atom is 0.253 e. The van der Waals surface area contributed by atoms with Gasteiger partial charge in [0.1, 0.15) is 0 Å². The van der Waals surface area contributed by atoms with Crippen molar-refractivity contribution in [2.24, 2.45) is 5.92 Å². The Morgan fingerprint density at radius 1 is 1.22 bits per heavy atom. The van der Waals surface area contributed by atoms with E-state index in [1.54, 1.807) is 25.1 Å². The van der Waals surface area contributed by atoms with Crippen molar-refractivity contribution in [2.75, 3.05) is 14.1 Å². The minimum absolute atomic E-state index is 0.0253. The van der Waals surface area contributed by atoms with Gasteiger partial charge in [0.25, 0.3) is 11.5 Å². The molecule has 1 saturated carbocycles. The number of carbonyl (C=O) groups excluding carboxylic acids is 1. The van der Waals surface area contributed by atoms with Crippen molar-refractivity contribution in [1.82, 2.24) is 9.47 Å². The number of allylic oxidation sites excluding steroid dienone is 1. The number of nitrogens with zero attached hydrogens (tertiary/aromatic N) is 2. The highest BCUT2D eigenvalue weighted by Crippen LogP contribution is 2.33. The summed E-state index contributed by atoms with van der Waals surface area (Å²) in [6.07, 6.45) is 7.61. The molecule has 1 fully saturated rings. The first kappa shape index (κ1) is 19.2. The molecule has 0 atom stereocenters. The number of aryl methyl sites for hydroxylation is 1. The molecule has 142 valence electrons. The molecular weight excluding hydrogens is 336 g/mol. The Hall–Kier alpha value is -2.62. The molecule has 3 rings (SSSR count). The summed E-state index contributed by atoms with van der Waals surface area (Å²) in [6.45, 7) is 4.80. The first-order valence-electron chi connectivity index (χ1n) is 9.56. The molecule has 1 aliphatic carbocycles. The Kier molecular flexibility index (Phi) is 5.64. The molecule has 1 aliphatic rings. The van der Waals surface area contributed by atoms with E-state index in [0.29, 0.717) is 5.56 Å². The molecule has 4 heteroatoms. The minimum atomic E-state index is -0.0253. The van der Waals surface area contributed by atoms with Gasteiger partial charge < -0.3 is 9.47 Å². The number of hydrogen-bond donors (Lipinski definition) is 0. The molecule has 0 aliphatic heterocycles. The second kappa shape index (κ2) is 7.95. The van der Waals surface area contributed by atoms with Crippen LogP contribution in [0.3, 0.4) is 0 Å². The van der Waals surface area contributed by atoms with Crippen LogP contribution in [0.25, 0.3) is 17.2 Å². The molecule has 0 spiro atoms. The normalized spacial score (nSPS) is 13.3. The quantitative estimate of drug-likeness (QED) is 0.760. The summed E-state index contributed by atoms with van der Waals surface area (Å²) in [6, 6.07) is 9.36. The molecule has 2 aromatic rings. The Morgan fingerprint density at radius 2 is 1.96 bits per heavy atom. The summed E-state index contributed by atoms with van der Waals surface area (Å²) >= 11 is 0.